The van der Waals surface area contributed by atoms with E-state index in [2.05, 4.69) is 10.3 Å². The summed E-state index contributed by atoms with van der Waals surface area (Å²) in [7, 11) is 0. The molecule has 3 rings (SSSR count). The lowest BCUT2D eigenvalue weighted by Gasteiger charge is -2.09. The first kappa shape index (κ1) is 8.73. The summed E-state index contributed by atoms with van der Waals surface area (Å²) in [5.74, 6) is 0. The molecule has 1 aliphatic rings. The number of aromatic amines is 1. The average molecular weight is 203 g/mol. The van der Waals surface area contributed by atoms with Gasteiger partial charge in [0.15, 0.2) is 0 Å². The van der Waals surface area contributed by atoms with Crippen molar-refractivity contribution >= 4 is 11.0 Å². The molecule has 1 aromatic carbocycles. The van der Waals surface area contributed by atoms with Gasteiger partial charge in [0.2, 0.25) is 0 Å². The lowest BCUT2D eigenvalue weighted by atomic mass is 10.2. The summed E-state index contributed by atoms with van der Waals surface area (Å²) in [4.78, 5) is 14.7. The first-order chi connectivity index (χ1) is 7.36. The molecule has 2 aromatic rings. The van der Waals surface area contributed by atoms with E-state index in [1.165, 1.54) is 0 Å². The van der Waals surface area contributed by atoms with Crippen LogP contribution in [-0.2, 0) is 0 Å². The van der Waals surface area contributed by atoms with Crippen molar-refractivity contribution in [2.75, 3.05) is 13.1 Å². The topological polar surface area (TPSA) is 49.8 Å². The number of aromatic nitrogens is 2. The van der Waals surface area contributed by atoms with Gasteiger partial charge in [-0.15, -0.1) is 0 Å². The number of fused-ring (bicyclic) bond motifs is 1. The average Bonchev–Trinajstić information content (AvgIpc) is 2.82. The number of H-pyrrole nitrogens is 1. The smallest absolute Gasteiger partial charge is 0.315 e. The van der Waals surface area contributed by atoms with E-state index in [-0.39, 0.29) is 5.69 Å². The summed E-state index contributed by atoms with van der Waals surface area (Å²) in [6.45, 7) is 1.89. The van der Waals surface area contributed by atoms with Crippen LogP contribution < -0.4 is 11.0 Å². The van der Waals surface area contributed by atoms with Gasteiger partial charge in [-0.1, -0.05) is 12.1 Å². The Morgan fingerprint density at radius 2 is 2.20 bits per heavy atom. The molecular formula is C11H13N3O. The molecule has 4 heteroatoms. The molecule has 0 aliphatic carbocycles. The SMILES string of the molecule is O=c1[nH]c2ccccc2n1[C@H]1CCNC1. The highest BCUT2D eigenvalue weighted by molar-refractivity contribution is 5.75. The number of nitrogens with zero attached hydrogens (tertiary/aromatic N) is 1. The summed E-state index contributed by atoms with van der Waals surface area (Å²) in [6, 6.07) is 8.14. The highest BCUT2D eigenvalue weighted by Gasteiger charge is 2.20. The maximum Gasteiger partial charge on any atom is 0.326 e. The molecule has 1 aromatic heterocycles. The summed E-state index contributed by atoms with van der Waals surface area (Å²) in [5.41, 5.74) is 1.94. The van der Waals surface area contributed by atoms with Gasteiger partial charge in [-0.05, 0) is 25.1 Å². The van der Waals surface area contributed by atoms with Crippen LogP contribution in [-0.4, -0.2) is 22.6 Å². The molecule has 0 saturated carbocycles. The Bertz CT molecular complexity index is 534. The fourth-order valence-corrected chi connectivity index (χ4v) is 2.30. The summed E-state index contributed by atoms with van der Waals surface area (Å²) in [5, 5.41) is 3.28. The monoisotopic (exact) mass is 203 g/mol. The van der Waals surface area contributed by atoms with E-state index in [9.17, 15) is 4.79 Å². The third kappa shape index (κ3) is 1.29. The van der Waals surface area contributed by atoms with E-state index in [4.69, 9.17) is 0 Å². The first-order valence-electron chi connectivity index (χ1n) is 5.26. The minimum Gasteiger partial charge on any atom is -0.315 e. The molecule has 2 heterocycles. The van der Waals surface area contributed by atoms with Crippen molar-refractivity contribution in [3.05, 3.63) is 34.7 Å². The molecule has 4 nitrogen and oxygen atoms in total. The van der Waals surface area contributed by atoms with Crippen LogP contribution >= 0.6 is 0 Å². The maximum atomic E-state index is 11.8. The standard InChI is InChI=1S/C11H13N3O/c15-11-13-9-3-1-2-4-10(9)14(11)8-5-6-12-7-8/h1-4,8,12H,5-7H2,(H,13,15)/t8-/m0/s1. The molecule has 1 saturated heterocycles. The van der Waals surface area contributed by atoms with Gasteiger partial charge < -0.3 is 10.3 Å². The molecule has 15 heavy (non-hydrogen) atoms. The van der Waals surface area contributed by atoms with E-state index in [0.717, 1.165) is 30.5 Å². The van der Waals surface area contributed by atoms with Crippen molar-refractivity contribution in [3.63, 3.8) is 0 Å². The number of benzene rings is 1. The quantitative estimate of drug-likeness (QED) is 0.722. The third-order valence-corrected chi connectivity index (χ3v) is 3.02. The van der Waals surface area contributed by atoms with E-state index in [1.807, 2.05) is 28.8 Å². The van der Waals surface area contributed by atoms with E-state index in [0.29, 0.717) is 6.04 Å². The Labute approximate surface area is 86.9 Å². The largest absolute Gasteiger partial charge is 0.326 e. The Morgan fingerprint density at radius 1 is 1.33 bits per heavy atom. The van der Waals surface area contributed by atoms with Crippen molar-refractivity contribution in [2.45, 2.75) is 12.5 Å². The number of hydrogen-bond acceptors (Lipinski definition) is 2. The van der Waals surface area contributed by atoms with Gasteiger partial charge >= 0.3 is 5.69 Å². The van der Waals surface area contributed by atoms with Crippen LogP contribution in [0.5, 0.6) is 0 Å². The van der Waals surface area contributed by atoms with Crippen molar-refractivity contribution in [3.8, 4) is 0 Å². The second-order valence-electron chi connectivity index (χ2n) is 3.96. The van der Waals surface area contributed by atoms with Gasteiger partial charge in [0.05, 0.1) is 17.1 Å². The fraction of sp³-hybridized carbons (Fsp3) is 0.364. The zero-order valence-electron chi connectivity index (χ0n) is 8.36. The Kier molecular flexibility index (Phi) is 1.89. The predicted molar refractivity (Wildman–Crippen MR) is 59.1 cm³/mol. The third-order valence-electron chi connectivity index (χ3n) is 3.02. The van der Waals surface area contributed by atoms with Crippen molar-refractivity contribution in [1.29, 1.82) is 0 Å². The lowest BCUT2D eigenvalue weighted by molar-refractivity contribution is 0.546. The van der Waals surface area contributed by atoms with Gasteiger partial charge in [-0.25, -0.2) is 4.79 Å². The molecule has 0 spiro atoms. The lowest BCUT2D eigenvalue weighted by Crippen LogP contribution is -2.23. The molecule has 0 amide bonds. The zero-order valence-corrected chi connectivity index (χ0v) is 8.36. The highest BCUT2D eigenvalue weighted by atomic mass is 16.1. The maximum absolute atomic E-state index is 11.8. The summed E-state index contributed by atoms with van der Waals surface area (Å²) in [6.07, 6.45) is 1.03. The van der Waals surface area contributed by atoms with Crippen LogP contribution in [0, 0.1) is 0 Å². The first-order valence-corrected chi connectivity index (χ1v) is 5.26. The van der Waals surface area contributed by atoms with Crippen LogP contribution in [0.1, 0.15) is 12.5 Å². The molecule has 78 valence electrons. The molecular weight excluding hydrogens is 190 g/mol. The number of nitrogens with one attached hydrogen (secondary N) is 2. The van der Waals surface area contributed by atoms with Gasteiger partial charge in [-0.2, -0.15) is 0 Å². The fourth-order valence-electron chi connectivity index (χ4n) is 2.30. The van der Waals surface area contributed by atoms with Crippen molar-refractivity contribution in [1.82, 2.24) is 14.9 Å². The van der Waals surface area contributed by atoms with Crippen LogP contribution in [0.3, 0.4) is 0 Å². The van der Waals surface area contributed by atoms with Crippen LogP contribution in [0.4, 0.5) is 0 Å². The molecule has 1 atom stereocenters. The van der Waals surface area contributed by atoms with E-state index >= 15 is 0 Å². The normalized spacial score (nSPS) is 21.2. The molecule has 2 N–H and O–H groups in total. The Morgan fingerprint density at radius 3 is 3.00 bits per heavy atom. The summed E-state index contributed by atoms with van der Waals surface area (Å²) < 4.78 is 1.87. The highest BCUT2D eigenvalue weighted by Crippen LogP contribution is 2.18. The van der Waals surface area contributed by atoms with Crippen LogP contribution in [0.25, 0.3) is 11.0 Å². The van der Waals surface area contributed by atoms with Gasteiger partial charge in [0, 0.05) is 6.54 Å². The zero-order chi connectivity index (χ0) is 10.3. The second-order valence-corrected chi connectivity index (χ2v) is 3.96. The molecule has 0 radical (unpaired) electrons. The molecule has 1 fully saturated rings. The van der Waals surface area contributed by atoms with Gasteiger partial charge in [0.1, 0.15) is 0 Å². The number of hydrogen-bond donors (Lipinski definition) is 2. The predicted octanol–water partition coefficient (Wildman–Crippen LogP) is 0.864. The molecule has 0 bridgehead atoms. The second kappa shape index (κ2) is 3.24. The van der Waals surface area contributed by atoms with E-state index in [1.54, 1.807) is 0 Å². The summed E-state index contributed by atoms with van der Waals surface area (Å²) >= 11 is 0. The van der Waals surface area contributed by atoms with Crippen LogP contribution in [0.2, 0.25) is 0 Å². The van der Waals surface area contributed by atoms with Gasteiger partial charge in [0.25, 0.3) is 0 Å². The van der Waals surface area contributed by atoms with Gasteiger partial charge in [-0.3, -0.25) is 4.57 Å². The van der Waals surface area contributed by atoms with Crippen LogP contribution in [0.15, 0.2) is 29.1 Å². The number of para-hydroxylation sites is 2. The number of imidazole rings is 1. The minimum absolute atomic E-state index is 0.00454. The minimum atomic E-state index is 0.00454. The molecule has 1 aliphatic heterocycles. The van der Waals surface area contributed by atoms with E-state index < -0.39 is 0 Å². The Balaban J connectivity index is 2.23. The van der Waals surface area contributed by atoms with Crippen molar-refractivity contribution in [2.24, 2.45) is 0 Å². The molecule has 0 unspecified atom stereocenters. The number of rotatable bonds is 1. The van der Waals surface area contributed by atoms with Crippen molar-refractivity contribution < 1.29 is 0 Å². The Hall–Kier alpha value is -1.55.